The van der Waals surface area contributed by atoms with E-state index in [0.717, 1.165) is 6.54 Å². The molecule has 1 rings (SSSR count). The SMILES string of the molecule is CC[N]c1c[nH]nn1. The van der Waals surface area contributed by atoms with Gasteiger partial charge in [-0.15, -0.1) is 5.10 Å². The molecule has 0 bridgehead atoms. The van der Waals surface area contributed by atoms with E-state index in [2.05, 4.69) is 20.7 Å². The average molecular weight is 111 g/mol. The maximum absolute atomic E-state index is 3.96. The van der Waals surface area contributed by atoms with Crippen molar-refractivity contribution in [3.8, 4) is 0 Å². The van der Waals surface area contributed by atoms with Gasteiger partial charge in [-0.2, -0.15) is 0 Å². The fourth-order valence-electron chi connectivity index (χ4n) is 0.435. The Labute approximate surface area is 47.3 Å². The lowest BCUT2D eigenvalue weighted by atomic mass is 10.7. The van der Waals surface area contributed by atoms with Gasteiger partial charge in [-0.25, -0.2) is 0 Å². The summed E-state index contributed by atoms with van der Waals surface area (Å²) >= 11 is 0. The highest BCUT2D eigenvalue weighted by atomic mass is 15.3. The number of hydrogen-bond donors (Lipinski definition) is 1. The van der Waals surface area contributed by atoms with Gasteiger partial charge in [0.05, 0.1) is 6.20 Å². The summed E-state index contributed by atoms with van der Waals surface area (Å²) in [6, 6.07) is 0. The Morgan fingerprint density at radius 2 is 2.75 bits per heavy atom. The molecule has 43 valence electrons. The van der Waals surface area contributed by atoms with E-state index in [-0.39, 0.29) is 0 Å². The molecule has 1 aromatic heterocycles. The number of nitrogens with one attached hydrogen (secondary N) is 1. The van der Waals surface area contributed by atoms with Crippen LogP contribution in [-0.2, 0) is 0 Å². The van der Waals surface area contributed by atoms with Crippen LogP contribution in [0.3, 0.4) is 0 Å². The molecule has 0 aromatic carbocycles. The Hall–Kier alpha value is -1.06. The van der Waals surface area contributed by atoms with Crippen molar-refractivity contribution in [2.45, 2.75) is 6.92 Å². The first kappa shape index (κ1) is 5.08. The Bertz CT molecular complexity index is 134. The first-order chi connectivity index (χ1) is 3.93. The van der Waals surface area contributed by atoms with Crippen molar-refractivity contribution in [2.75, 3.05) is 6.54 Å². The van der Waals surface area contributed by atoms with Gasteiger partial charge in [-0.1, -0.05) is 5.21 Å². The number of H-pyrrole nitrogens is 1. The molecule has 0 amide bonds. The smallest absolute Gasteiger partial charge is 0.189 e. The Morgan fingerprint density at radius 1 is 1.88 bits per heavy atom. The van der Waals surface area contributed by atoms with Crippen LogP contribution in [0.4, 0.5) is 5.82 Å². The molecule has 0 aliphatic heterocycles. The zero-order valence-electron chi connectivity index (χ0n) is 4.63. The maximum atomic E-state index is 3.96. The van der Waals surface area contributed by atoms with Crippen molar-refractivity contribution < 1.29 is 0 Å². The first-order valence-corrected chi connectivity index (χ1v) is 2.47. The van der Waals surface area contributed by atoms with E-state index in [1.54, 1.807) is 6.20 Å². The van der Waals surface area contributed by atoms with E-state index in [9.17, 15) is 0 Å². The van der Waals surface area contributed by atoms with Crippen molar-refractivity contribution in [3.05, 3.63) is 6.20 Å². The summed E-state index contributed by atoms with van der Waals surface area (Å²) in [7, 11) is 0. The summed E-state index contributed by atoms with van der Waals surface area (Å²) in [5.74, 6) is 0.674. The normalized spacial score (nSPS) is 9.12. The van der Waals surface area contributed by atoms with Crippen LogP contribution in [0.2, 0.25) is 0 Å². The van der Waals surface area contributed by atoms with Gasteiger partial charge in [-0.05, 0) is 6.92 Å². The Morgan fingerprint density at radius 3 is 3.25 bits per heavy atom. The van der Waals surface area contributed by atoms with E-state index in [1.165, 1.54) is 0 Å². The van der Waals surface area contributed by atoms with Gasteiger partial charge in [0.25, 0.3) is 0 Å². The molecule has 1 aromatic rings. The first-order valence-electron chi connectivity index (χ1n) is 2.47. The molecule has 4 heteroatoms. The zero-order valence-corrected chi connectivity index (χ0v) is 4.63. The highest BCUT2D eigenvalue weighted by Crippen LogP contribution is 1.92. The molecule has 0 aliphatic rings. The molecule has 1 N–H and O–H groups in total. The van der Waals surface area contributed by atoms with E-state index in [1.807, 2.05) is 6.92 Å². The lowest BCUT2D eigenvalue weighted by Crippen LogP contribution is -1.94. The highest BCUT2D eigenvalue weighted by Gasteiger charge is 1.89. The molecular weight excluding hydrogens is 104 g/mol. The molecule has 8 heavy (non-hydrogen) atoms. The second-order valence-electron chi connectivity index (χ2n) is 1.31. The van der Waals surface area contributed by atoms with Gasteiger partial charge < -0.3 is 0 Å². The van der Waals surface area contributed by atoms with Crippen LogP contribution in [0.1, 0.15) is 6.92 Å². The van der Waals surface area contributed by atoms with E-state index in [0.29, 0.717) is 5.82 Å². The predicted molar refractivity (Wildman–Crippen MR) is 28.7 cm³/mol. The van der Waals surface area contributed by atoms with Gasteiger partial charge in [0.2, 0.25) is 0 Å². The lowest BCUT2D eigenvalue weighted by Gasteiger charge is -1.85. The number of aromatic nitrogens is 3. The molecule has 0 aliphatic carbocycles. The number of aromatic amines is 1. The van der Waals surface area contributed by atoms with Crippen molar-refractivity contribution in [1.82, 2.24) is 20.7 Å². The van der Waals surface area contributed by atoms with Gasteiger partial charge >= 0.3 is 0 Å². The van der Waals surface area contributed by atoms with Crippen molar-refractivity contribution in [2.24, 2.45) is 0 Å². The van der Waals surface area contributed by atoms with Crippen molar-refractivity contribution in [1.29, 1.82) is 0 Å². The third-order valence-corrected chi connectivity index (χ3v) is 0.724. The summed E-state index contributed by atoms with van der Waals surface area (Å²) in [4.78, 5) is 0. The summed E-state index contributed by atoms with van der Waals surface area (Å²) in [6.07, 6.45) is 1.66. The molecule has 4 nitrogen and oxygen atoms in total. The monoisotopic (exact) mass is 111 g/mol. The van der Waals surface area contributed by atoms with Crippen LogP contribution in [0.25, 0.3) is 0 Å². The molecule has 1 heterocycles. The van der Waals surface area contributed by atoms with Crippen molar-refractivity contribution in [3.63, 3.8) is 0 Å². The zero-order chi connectivity index (χ0) is 5.82. The largest absolute Gasteiger partial charge is 0.264 e. The van der Waals surface area contributed by atoms with E-state index in [4.69, 9.17) is 0 Å². The molecule has 0 saturated carbocycles. The Balaban J connectivity index is 2.50. The minimum absolute atomic E-state index is 0.674. The minimum atomic E-state index is 0.674. The average Bonchev–Trinajstić information content (AvgIpc) is 2.19. The Kier molecular flexibility index (Phi) is 1.46. The standard InChI is InChI=1S/C4H7N4/c1-2-5-4-3-6-8-7-4/h3H,2H2,1H3,(H,6,7,8). The van der Waals surface area contributed by atoms with Gasteiger partial charge in [0, 0.05) is 6.54 Å². The van der Waals surface area contributed by atoms with Crippen LogP contribution in [0, 0.1) is 0 Å². The molecule has 0 fully saturated rings. The summed E-state index contributed by atoms with van der Waals surface area (Å²) in [5, 5.41) is 13.6. The summed E-state index contributed by atoms with van der Waals surface area (Å²) < 4.78 is 0. The third-order valence-electron chi connectivity index (χ3n) is 0.724. The molecule has 0 spiro atoms. The number of hydrogen-bond acceptors (Lipinski definition) is 2. The van der Waals surface area contributed by atoms with E-state index < -0.39 is 0 Å². The third kappa shape index (κ3) is 0.959. The molecular formula is C4H7N4. The quantitative estimate of drug-likeness (QED) is 0.586. The topological polar surface area (TPSA) is 55.7 Å². The fourth-order valence-corrected chi connectivity index (χ4v) is 0.435. The van der Waals surface area contributed by atoms with E-state index >= 15 is 0 Å². The summed E-state index contributed by atoms with van der Waals surface area (Å²) in [5.41, 5.74) is 0. The predicted octanol–water partition coefficient (Wildman–Crippen LogP) is 0.0605. The molecule has 0 atom stereocenters. The fraction of sp³-hybridized carbons (Fsp3) is 0.500. The lowest BCUT2D eigenvalue weighted by molar-refractivity contribution is 0.859. The van der Waals surface area contributed by atoms with Gasteiger partial charge in [-0.3, -0.25) is 10.4 Å². The maximum Gasteiger partial charge on any atom is 0.189 e. The molecule has 0 unspecified atom stereocenters. The second kappa shape index (κ2) is 2.30. The molecule has 0 saturated heterocycles. The van der Waals surface area contributed by atoms with Crippen LogP contribution in [0.5, 0.6) is 0 Å². The second-order valence-corrected chi connectivity index (χ2v) is 1.31. The highest BCUT2D eigenvalue weighted by molar-refractivity contribution is 5.16. The van der Waals surface area contributed by atoms with Gasteiger partial charge in [0.15, 0.2) is 5.82 Å². The minimum Gasteiger partial charge on any atom is -0.264 e. The number of nitrogens with zero attached hydrogens (tertiary/aromatic N) is 3. The van der Waals surface area contributed by atoms with Crippen molar-refractivity contribution >= 4 is 5.82 Å². The van der Waals surface area contributed by atoms with Crippen LogP contribution < -0.4 is 5.32 Å². The van der Waals surface area contributed by atoms with Crippen LogP contribution >= 0.6 is 0 Å². The number of rotatable bonds is 2. The van der Waals surface area contributed by atoms with Crippen LogP contribution in [-0.4, -0.2) is 22.0 Å². The van der Waals surface area contributed by atoms with Crippen LogP contribution in [0.15, 0.2) is 6.20 Å². The van der Waals surface area contributed by atoms with Gasteiger partial charge in [0.1, 0.15) is 0 Å². The molecule has 1 radical (unpaired) electrons. The summed E-state index contributed by atoms with van der Waals surface area (Å²) in [6.45, 7) is 2.71.